The van der Waals surface area contributed by atoms with Gasteiger partial charge in [-0.25, -0.2) is 0 Å². The summed E-state index contributed by atoms with van der Waals surface area (Å²) in [5.41, 5.74) is 0.480. The highest BCUT2D eigenvalue weighted by Gasteiger charge is 2.13. The highest BCUT2D eigenvalue weighted by molar-refractivity contribution is 6.30. The third-order valence-electron chi connectivity index (χ3n) is 2.39. The molecule has 0 saturated carbocycles. The minimum atomic E-state index is -0.441. The number of nitro groups is 1. The second-order valence-electron chi connectivity index (χ2n) is 4.67. The van der Waals surface area contributed by atoms with E-state index >= 15 is 0 Å². The molecule has 1 aromatic rings. The molecule has 0 radical (unpaired) electrons. The lowest BCUT2D eigenvalue weighted by atomic mass is 10.2. The van der Waals surface area contributed by atoms with Gasteiger partial charge in [0.05, 0.1) is 4.92 Å². The van der Waals surface area contributed by atoms with Gasteiger partial charge in [-0.05, 0) is 24.5 Å². The Kier molecular flexibility index (Phi) is 6.59. The van der Waals surface area contributed by atoms with Crippen molar-refractivity contribution in [2.75, 3.05) is 25.1 Å². The van der Waals surface area contributed by atoms with E-state index in [0.717, 1.165) is 13.0 Å². The molecule has 0 unspecified atom stereocenters. The molecule has 19 heavy (non-hydrogen) atoms. The van der Waals surface area contributed by atoms with Gasteiger partial charge in [0.15, 0.2) is 0 Å². The van der Waals surface area contributed by atoms with Crippen LogP contribution in [-0.2, 0) is 4.74 Å². The molecule has 0 heterocycles. The molecular formula is C13H19ClN2O3. The number of nitrogens with one attached hydrogen (secondary N) is 1. The Bertz CT molecular complexity index is 424. The van der Waals surface area contributed by atoms with Crippen molar-refractivity contribution < 1.29 is 9.66 Å². The zero-order valence-electron chi connectivity index (χ0n) is 11.2. The third kappa shape index (κ3) is 5.89. The van der Waals surface area contributed by atoms with E-state index in [4.69, 9.17) is 16.3 Å². The lowest BCUT2D eigenvalue weighted by Crippen LogP contribution is -2.09. The van der Waals surface area contributed by atoms with Crippen LogP contribution in [0.5, 0.6) is 0 Å². The number of halogens is 1. The molecule has 0 aromatic heterocycles. The minimum Gasteiger partial charge on any atom is -0.381 e. The zero-order valence-corrected chi connectivity index (χ0v) is 11.9. The molecule has 6 heteroatoms. The van der Waals surface area contributed by atoms with Crippen LogP contribution in [-0.4, -0.2) is 24.7 Å². The monoisotopic (exact) mass is 286 g/mol. The number of hydrogen-bond acceptors (Lipinski definition) is 4. The molecule has 1 rings (SSSR count). The van der Waals surface area contributed by atoms with Crippen molar-refractivity contribution in [3.63, 3.8) is 0 Å². The fourth-order valence-corrected chi connectivity index (χ4v) is 1.69. The summed E-state index contributed by atoms with van der Waals surface area (Å²) < 4.78 is 5.43. The first kappa shape index (κ1) is 15.7. The fourth-order valence-electron chi connectivity index (χ4n) is 1.52. The summed E-state index contributed by atoms with van der Waals surface area (Å²) >= 11 is 5.74. The summed E-state index contributed by atoms with van der Waals surface area (Å²) in [6.45, 7) is 6.19. The van der Waals surface area contributed by atoms with Crippen LogP contribution < -0.4 is 5.32 Å². The van der Waals surface area contributed by atoms with Gasteiger partial charge in [-0.3, -0.25) is 10.1 Å². The summed E-state index contributed by atoms with van der Waals surface area (Å²) in [6, 6.07) is 4.60. The molecule has 0 saturated heterocycles. The van der Waals surface area contributed by atoms with E-state index in [2.05, 4.69) is 19.2 Å². The molecule has 0 atom stereocenters. The topological polar surface area (TPSA) is 64.4 Å². The van der Waals surface area contributed by atoms with Gasteiger partial charge in [-0.15, -0.1) is 0 Å². The second-order valence-corrected chi connectivity index (χ2v) is 5.10. The van der Waals surface area contributed by atoms with Crippen molar-refractivity contribution in [3.8, 4) is 0 Å². The smallest absolute Gasteiger partial charge is 0.293 e. The molecule has 5 nitrogen and oxygen atoms in total. The van der Waals surface area contributed by atoms with E-state index in [1.165, 1.54) is 6.07 Å². The van der Waals surface area contributed by atoms with Crippen LogP contribution in [0.15, 0.2) is 18.2 Å². The maximum atomic E-state index is 10.9. The van der Waals surface area contributed by atoms with Gasteiger partial charge >= 0.3 is 0 Å². The van der Waals surface area contributed by atoms with Crippen molar-refractivity contribution >= 4 is 23.0 Å². The molecule has 0 spiro atoms. The Hall–Kier alpha value is -1.33. The number of rotatable bonds is 8. The Morgan fingerprint density at radius 2 is 2.21 bits per heavy atom. The summed E-state index contributed by atoms with van der Waals surface area (Å²) in [5.74, 6) is 0.519. The summed E-state index contributed by atoms with van der Waals surface area (Å²) in [6.07, 6.45) is 0.798. The normalized spacial score (nSPS) is 10.7. The molecule has 0 aliphatic heterocycles. The molecule has 0 aliphatic rings. The van der Waals surface area contributed by atoms with Crippen molar-refractivity contribution in [3.05, 3.63) is 33.3 Å². The first-order chi connectivity index (χ1) is 9.00. The zero-order chi connectivity index (χ0) is 14.3. The van der Waals surface area contributed by atoms with Crippen LogP contribution in [0.3, 0.4) is 0 Å². The van der Waals surface area contributed by atoms with Crippen LogP contribution in [0.25, 0.3) is 0 Å². The molecule has 1 N–H and O–H groups in total. The van der Waals surface area contributed by atoms with Crippen LogP contribution in [0.1, 0.15) is 20.3 Å². The number of benzene rings is 1. The molecular weight excluding hydrogens is 268 g/mol. The van der Waals surface area contributed by atoms with E-state index in [9.17, 15) is 10.1 Å². The summed E-state index contributed by atoms with van der Waals surface area (Å²) in [4.78, 5) is 10.4. The first-order valence-corrected chi connectivity index (χ1v) is 6.64. The highest BCUT2D eigenvalue weighted by Crippen LogP contribution is 2.27. The minimum absolute atomic E-state index is 0.00408. The molecule has 0 fully saturated rings. The predicted octanol–water partition coefficient (Wildman–Crippen LogP) is 3.72. The van der Waals surface area contributed by atoms with E-state index in [-0.39, 0.29) is 5.69 Å². The van der Waals surface area contributed by atoms with E-state index in [1.807, 2.05) is 0 Å². The number of nitrogens with zero attached hydrogens (tertiary/aromatic N) is 1. The molecule has 1 aromatic carbocycles. The van der Waals surface area contributed by atoms with Crippen molar-refractivity contribution in [1.82, 2.24) is 0 Å². The lowest BCUT2D eigenvalue weighted by molar-refractivity contribution is -0.383. The average molecular weight is 287 g/mol. The standard InChI is InChI=1S/C13H19ClN2O3/c1-10(2)9-19-7-3-6-15-12-5-4-11(14)8-13(12)16(17)18/h4-5,8,10,15H,3,6-7,9H2,1-2H3. The van der Waals surface area contributed by atoms with E-state index in [1.54, 1.807) is 12.1 Å². The SMILES string of the molecule is CC(C)COCCCNc1ccc(Cl)cc1[N+](=O)[O-]. The van der Waals surface area contributed by atoms with Gasteiger partial charge < -0.3 is 10.1 Å². The average Bonchev–Trinajstić information content (AvgIpc) is 2.34. The molecule has 0 aliphatic carbocycles. The number of nitro benzene ring substituents is 1. The number of anilines is 1. The Morgan fingerprint density at radius 3 is 2.84 bits per heavy atom. The van der Waals surface area contributed by atoms with Gasteiger partial charge in [0, 0.05) is 30.8 Å². The Labute approximate surface area is 118 Å². The second kappa shape index (κ2) is 7.96. The van der Waals surface area contributed by atoms with E-state index in [0.29, 0.717) is 29.8 Å². The van der Waals surface area contributed by atoms with Crippen LogP contribution in [0.2, 0.25) is 5.02 Å². The maximum Gasteiger partial charge on any atom is 0.293 e. The summed E-state index contributed by atoms with van der Waals surface area (Å²) in [7, 11) is 0. The van der Waals surface area contributed by atoms with Gasteiger partial charge in [-0.1, -0.05) is 25.4 Å². The van der Waals surface area contributed by atoms with Gasteiger partial charge in [0.25, 0.3) is 5.69 Å². The Morgan fingerprint density at radius 1 is 1.47 bits per heavy atom. The molecule has 0 bridgehead atoms. The van der Waals surface area contributed by atoms with Crippen LogP contribution in [0.4, 0.5) is 11.4 Å². The highest BCUT2D eigenvalue weighted by atomic mass is 35.5. The van der Waals surface area contributed by atoms with Crippen LogP contribution >= 0.6 is 11.6 Å². The quantitative estimate of drug-likeness (QED) is 0.449. The van der Waals surface area contributed by atoms with Crippen molar-refractivity contribution in [1.29, 1.82) is 0 Å². The van der Waals surface area contributed by atoms with Crippen LogP contribution in [0, 0.1) is 16.0 Å². The van der Waals surface area contributed by atoms with Crippen molar-refractivity contribution in [2.45, 2.75) is 20.3 Å². The predicted molar refractivity (Wildman–Crippen MR) is 76.9 cm³/mol. The Balaban J connectivity index is 2.39. The number of ether oxygens (including phenoxy) is 1. The van der Waals surface area contributed by atoms with Gasteiger partial charge in [-0.2, -0.15) is 0 Å². The van der Waals surface area contributed by atoms with Gasteiger partial charge in [0.2, 0.25) is 0 Å². The maximum absolute atomic E-state index is 10.9. The lowest BCUT2D eigenvalue weighted by Gasteiger charge is -2.09. The van der Waals surface area contributed by atoms with Crippen molar-refractivity contribution in [2.24, 2.45) is 5.92 Å². The summed E-state index contributed by atoms with van der Waals surface area (Å²) in [5, 5.41) is 14.3. The fraction of sp³-hybridized carbons (Fsp3) is 0.538. The number of hydrogen-bond donors (Lipinski definition) is 1. The third-order valence-corrected chi connectivity index (χ3v) is 2.62. The largest absolute Gasteiger partial charge is 0.381 e. The van der Waals surface area contributed by atoms with Gasteiger partial charge in [0.1, 0.15) is 5.69 Å². The van der Waals surface area contributed by atoms with E-state index < -0.39 is 4.92 Å². The molecule has 106 valence electrons. The first-order valence-electron chi connectivity index (χ1n) is 6.26. The molecule has 0 amide bonds.